The van der Waals surface area contributed by atoms with E-state index < -0.39 is 0 Å². The van der Waals surface area contributed by atoms with Crippen molar-refractivity contribution in [2.75, 3.05) is 19.7 Å². The Kier molecular flexibility index (Phi) is 5.67. The summed E-state index contributed by atoms with van der Waals surface area (Å²) in [5, 5.41) is 3.14. The molecule has 4 nitrogen and oxygen atoms in total. The molecule has 2 aliphatic rings. The van der Waals surface area contributed by atoms with Crippen LogP contribution >= 0.6 is 0 Å². The lowest BCUT2D eigenvalue weighted by Gasteiger charge is -2.35. The number of nitrogens with one attached hydrogen (secondary N) is 1. The number of ether oxygens (including phenoxy) is 1. The van der Waals surface area contributed by atoms with Gasteiger partial charge in [-0.1, -0.05) is 56.3 Å². The first-order valence-corrected chi connectivity index (χ1v) is 10.4. The van der Waals surface area contributed by atoms with Crippen molar-refractivity contribution >= 4 is 5.91 Å². The summed E-state index contributed by atoms with van der Waals surface area (Å²) in [6, 6.07) is 16.3. The van der Waals surface area contributed by atoms with Crippen molar-refractivity contribution in [1.29, 1.82) is 0 Å². The van der Waals surface area contributed by atoms with Crippen molar-refractivity contribution in [3.8, 4) is 5.75 Å². The Labute approximate surface area is 167 Å². The summed E-state index contributed by atoms with van der Waals surface area (Å²) in [7, 11) is 0. The van der Waals surface area contributed by atoms with Crippen molar-refractivity contribution in [2.24, 2.45) is 11.8 Å². The number of benzene rings is 2. The van der Waals surface area contributed by atoms with Gasteiger partial charge in [0.1, 0.15) is 18.3 Å². The second-order valence-electron chi connectivity index (χ2n) is 8.53. The highest BCUT2D eigenvalue weighted by Crippen LogP contribution is 2.33. The van der Waals surface area contributed by atoms with Crippen molar-refractivity contribution in [3.05, 3.63) is 65.2 Å². The van der Waals surface area contributed by atoms with Gasteiger partial charge in [0.05, 0.1) is 0 Å². The van der Waals surface area contributed by atoms with E-state index in [9.17, 15) is 4.79 Å². The van der Waals surface area contributed by atoms with Crippen LogP contribution in [0.4, 0.5) is 0 Å². The molecule has 1 saturated heterocycles. The largest absolute Gasteiger partial charge is 0.492 e. The van der Waals surface area contributed by atoms with Crippen LogP contribution in [0.3, 0.4) is 0 Å². The highest BCUT2D eigenvalue weighted by Gasteiger charge is 2.30. The van der Waals surface area contributed by atoms with Gasteiger partial charge in [-0.3, -0.25) is 9.69 Å². The molecule has 1 amide bonds. The molecule has 0 aliphatic carbocycles. The van der Waals surface area contributed by atoms with Crippen LogP contribution in [0, 0.1) is 11.8 Å². The third kappa shape index (κ3) is 4.22. The number of piperidine rings is 1. The molecule has 148 valence electrons. The van der Waals surface area contributed by atoms with Gasteiger partial charge in [0, 0.05) is 31.7 Å². The number of hydrogen-bond acceptors (Lipinski definition) is 3. The van der Waals surface area contributed by atoms with Crippen molar-refractivity contribution in [2.45, 2.75) is 39.3 Å². The number of para-hydroxylation sites is 1. The molecule has 2 aromatic carbocycles. The number of carbonyl (C=O) groups excluding carboxylic acids is 1. The van der Waals surface area contributed by atoms with Gasteiger partial charge >= 0.3 is 0 Å². The first-order chi connectivity index (χ1) is 13.6. The van der Waals surface area contributed by atoms with E-state index in [1.54, 1.807) is 0 Å². The molecule has 4 heteroatoms. The van der Waals surface area contributed by atoms with Crippen LogP contribution in [-0.2, 0) is 17.9 Å². The Morgan fingerprint density at radius 2 is 1.71 bits per heavy atom. The standard InChI is InChI=1S/C24H30N2O2/c1-17-11-18(2)14-26(13-17)15-20-8-4-3-7-19(20)12-25-24(27)22-16-28-23-10-6-5-9-21(22)23/h3-10,17-18,22H,11-16H2,1-2H3,(H,25,27). The topological polar surface area (TPSA) is 41.6 Å². The molecule has 1 N–H and O–H groups in total. The molecule has 2 aromatic rings. The highest BCUT2D eigenvalue weighted by molar-refractivity contribution is 5.85. The highest BCUT2D eigenvalue weighted by atomic mass is 16.5. The molecule has 28 heavy (non-hydrogen) atoms. The summed E-state index contributed by atoms with van der Waals surface area (Å²) >= 11 is 0. The van der Waals surface area contributed by atoms with Gasteiger partial charge in [0.2, 0.25) is 5.91 Å². The summed E-state index contributed by atoms with van der Waals surface area (Å²) in [6.07, 6.45) is 1.32. The lowest BCUT2D eigenvalue weighted by molar-refractivity contribution is -0.122. The van der Waals surface area contributed by atoms with Crippen molar-refractivity contribution in [1.82, 2.24) is 10.2 Å². The molecule has 2 aliphatic heterocycles. The van der Waals surface area contributed by atoms with Gasteiger partial charge in [0.15, 0.2) is 0 Å². The number of fused-ring (bicyclic) bond motifs is 1. The van der Waals surface area contributed by atoms with Gasteiger partial charge in [-0.05, 0) is 35.4 Å². The van der Waals surface area contributed by atoms with Crippen LogP contribution in [0.5, 0.6) is 5.75 Å². The minimum Gasteiger partial charge on any atom is -0.492 e. The maximum absolute atomic E-state index is 12.8. The molecular formula is C24H30N2O2. The molecule has 0 saturated carbocycles. The molecule has 2 heterocycles. The first kappa shape index (κ1) is 19.0. The number of nitrogens with zero attached hydrogens (tertiary/aromatic N) is 1. The minimum absolute atomic E-state index is 0.0416. The Balaban J connectivity index is 1.40. The third-order valence-electron chi connectivity index (χ3n) is 5.93. The average Bonchev–Trinajstić information content (AvgIpc) is 3.10. The number of amides is 1. The summed E-state index contributed by atoms with van der Waals surface area (Å²) in [5.41, 5.74) is 3.51. The summed E-state index contributed by atoms with van der Waals surface area (Å²) in [4.78, 5) is 15.3. The number of likely N-dealkylation sites (tertiary alicyclic amines) is 1. The zero-order chi connectivity index (χ0) is 19.5. The van der Waals surface area contributed by atoms with Crippen LogP contribution in [0.15, 0.2) is 48.5 Å². The van der Waals surface area contributed by atoms with E-state index in [2.05, 4.69) is 48.3 Å². The maximum Gasteiger partial charge on any atom is 0.231 e. The van der Waals surface area contributed by atoms with Crippen LogP contribution in [0.2, 0.25) is 0 Å². The van der Waals surface area contributed by atoms with E-state index in [-0.39, 0.29) is 11.8 Å². The zero-order valence-electron chi connectivity index (χ0n) is 16.9. The summed E-state index contributed by atoms with van der Waals surface area (Å²) < 4.78 is 5.66. The molecule has 0 aromatic heterocycles. The Morgan fingerprint density at radius 3 is 2.50 bits per heavy atom. The van der Waals surface area contributed by atoms with Crippen LogP contribution in [-0.4, -0.2) is 30.5 Å². The SMILES string of the molecule is CC1CC(C)CN(Cc2ccccc2CNC(=O)C2COc3ccccc32)C1. The van der Waals surface area contributed by atoms with E-state index in [0.29, 0.717) is 13.2 Å². The van der Waals surface area contributed by atoms with Gasteiger partial charge in [-0.25, -0.2) is 0 Å². The third-order valence-corrected chi connectivity index (χ3v) is 5.93. The molecular weight excluding hydrogens is 348 g/mol. The zero-order valence-corrected chi connectivity index (χ0v) is 16.9. The lowest BCUT2D eigenvalue weighted by atomic mass is 9.91. The molecule has 1 fully saturated rings. The van der Waals surface area contributed by atoms with E-state index in [1.165, 1.54) is 17.5 Å². The molecule has 0 spiro atoms. The molecule has 3 unspecified atom stereocenters. The quantitative estimate of drug-likeness (QED) is 0.856. The predicted octanol–water partition coefficient (Wildman–Crippen LogP) is 3.96. The number of hydrogen-bond donors (Lipinski definition) is 1. The fourth-order valence-electron chi connectivity index (χ4n) is 4.73. The summed E-state index contributed by atoms with van der Waals surface area (Å²) in [5.74, 6) is 2.15. The minimum atomic E-state index is -0.216. The monoisotopic (exact) mass is 378 g/mol. The second-order valence-corrected chi connectivity index (χ2v) is 8.53. The summed E-state index contributed by atoms with van der Waals surface area (Å²) in [6.45, 7) is 8.94. The fraction of sp³-hybridized carbons (Fsp3) is 0.458. The van der Waals surface area contributed by atoms with Crippen molar-refractivity contribution < 1.29 is 9.53 Å². The average molecular weight is 379 g/mol. The van der Waals surface area contributed by atoms with Gasteiger partial charge in [-0.15, -0.1) is 0 Å². The predicted molar refractivity (Wildman–Crippen MR) is 111 cm³/mol. The van der Waals surface area contributed by atoms with E-state index in [4.69, 9.17) is 4.74 Å². The molecule has 4 rings (SSSR count). The lowest BCUT2D eigenvalue weighted by Crippen LogP contribution is -2.38. The van der Waals surface area contributed by atoms with Crippen LogP contribution in [0.1, 0.15) is 42.9 Å². The van der Waals surface area contributed by atoms with E-state index in [0.717, 1.165) is 42.8 Å². The number of rotatable bonds is 5. The molecule has 0 radical (unpaired) electrons. The first-order valence-electron chi connectivity index (χ1n) is 10.4. The fourth-order valence-corrected chi connectivity index (χ4v) is 4.73. The van der Waals surface area contributed by atoms with Gasteiger partial charge in [0.25, 0.3) is 0 Å². The Bertz CT molecular complexity index is 825. The molecule has 3 atom stereocenters. The normalized spacial score (nSPS) is 24.4. The van der Waals surface area contributed by atoms with Gasteiger partial charge in [-0.2, -0.15) is 0 Å². The Hall–Kier alpha value is -2.33. The van der Waals surface area contributed by atoms with Crippen molar-refractivity contribution in [3.63, 3.8) is 0 Å². The Morgan fingerprint density at radius 1 is 1.04 bits per heavy atom. The maximum atomic E-state index is 12.8. The van der Waals surface area contributed by atoms with Crippen LogP contribution < -0.4 is 10.1 Å². The smallest absolute Gasteiger partial charge is 0.231 e. The van der Waals surface area contributed by atoms with Gasteiger partial charge < -0.3 is 10.1 Å². The molecule has 0 bridgehead atoms. The number of carbonyl (C=O) groups is 1. The van der Waals surface area contributed by atoms with E-state index in [1.807, 2.05) is 24.3 Å². The van der Waals surface area contributed by atoms with E-state index >= 15 is 0 Å². The second kappa shape index (κ2) is 8.36. The van der Waals surface area contributed by atoms with Crippen LogP contribution in [0.25, 0.3) is 0 Å².